The fourth-order valence-electron chi connectivity index (χ4n) is 11.4. The molecule has 0 bridgehead atoms. The van der Waals surface area contributed by atoms with E-state index in [-0.39, 0.29) is 25.2 Å². The third-order valence-corrected chi connectivity index (χ3v) is 19.7. The zero-order valence-corrected chi connectivity index (χ0v) is 32.0. The van der Waals surface area contributed by atoms with Crippen molar-refractivity contribution in [3.8, 4) is 0 Å². The van der Waals surface area contributed by atoms with Crippen molar-refractivity contribution in [2.75, 3.05) is 0 Å². The van der Waals surface area contributed by atoms with Crippen LogP contribution in [-0.4, -0.2) is 17.0 Å². The molecule has 0 spiro atoms. The SMILES string of the molecule is C=C(C)[C@H]1CC[C@@]2(C)O[P@@](=S)(O[C@H]3CC[C@@]4(C)C(=CC[C@H]5[C@@H]6CC[C@H]([C@H](C)CCCC(C)C)[C@@]6(C)CC[C@@H]54)C3)S[C@@H]2C1.S. The minimum Gasteiger partial charge on any atom is -0.318 e. The van der Waals surface area contributed by atoms with Crippen LogP contribution in [0.15, 0.2) is 23.8 Å². The monoisotopic (exact) mass is 666 g/mol. The van der Waals surface area contributed by atoms with Gasteiger partial charge in [0.2, 0.25) is 5.69 Å². The van der Waals surface area contributed by atoms with Crippen LogP contribution in [0, 0.1) is 52.3 Å². The first-order chi connectivity index (χ1) is 19.8. The summed E-state index contributed by atoms with van der Waals surface area (Å²) in [5.41, 5.74) is 1.50. The Bertz CT molecular complexity index is 1120. The van der Waals surface area contributed by atoms with Crippen LogP contribution in [0.25, 0.3) is 0 Å². The molecule has 1 aliphatic heterocycles. The zero-order valence-electron chi connectivity index (χ0n) is 28.5. The number of allylic oxidation sites excluding steroid dienone is 2. The van der Waals surface area contributed by atoms with E-state index in [1.165, 1.54) is 69.8 Å². The molecule has 6 heteroatoms. The van der Waals surface area contributed by atoms with Gasteiger partial charge in [-0.15, -0.1) is 0 Å². The van der Waals surface area contributed by atoms with Crippen LogP contribution in [0.2, 0.25) is 0 Å². The molecule has 1 saturated heterocycles. The van der Waals surface area contributed by atoms with Gasteiger partial charge < -0.3 is 9.05 Å². The second-order valence-corrected chi connectivity index (χ2v) is 23.3. The Kier molecular flexibility index (Phi) is 10.6. The molecule has 2 nitrogen and oxygen atoms in total. The second-order valence-electron chi connectivity index (χ2n) is 17.0. The lowest BCUT2D eigenvalue weighted by Crippen LogP contribution is -2.50. The Balaban J connectivity index is 0.00000368. The first-order valence-corrected chi connectivity index (χ1v) is 21.9. The molecule has 6 rings (SSSR count). The molecule has 5 aliphatic carbocycles. The maximum absolute atomic E-state index is 6.90. The van der Waals surface area contributed by atoms with Gasteiger partial charge in [-0.1, -0.05) is 89.1 Å². The van der Waals surface area contributed by atoms with E-state index in [9.17, 15) is 0 Å². The highest BCUT2D eigenvalue weighted by atomic mass is 32.9. The number of hydrogen-bond donors (Lipinski definition) is 0. The first-order valence-electron chi connectivity index (χ1n) is 17.8. The van der Waals surface area contributed by atoms with Crippen LogP contribution in [0.1, 0.15) is 138 Å². The summed E-state index contributed by atoms with van der Waals surface area (Å²) >= 11 is 8.12. The van der Waals surface area contributed by atoms with Crippen molar-refractivity contribution in [2.24, 2.45) is 52.3 Å². The van der Waals surface area contributed by atoms with Gasteiger partial charge in [0.05, 0.1) is 11.7 Å². The quantitative estimate of drug-likeness (QED) is 0.189. The molecule has 0 aromatic rings. The van der Waals surface area contributed by atoms with Crippen LogP contribution >= 0.6 is 30.6 Å². The summed E-state index contributed by atoms with van der Waals surface area (Å²) in [6, 6.07) is 0. The third kappa shape index (κ3) is 6.47. The zero-order chi connectivity index (χ0) is 30.1. The molecule has 6 aliphatic rings. The van der Waals surface area contributed by atoms with Crippen molar-refractivity contribution in [3.63, 3.8) is 0 Å². The minimum absolute atomic E-state index is 0. The maximum atomic E-state index is 6.90. The van der Waals surface area contributed by atoms with Crippen molar-refractivity contribution >= 4 is 42.4 Å². The fraction of sp³-hybridized carbons (Fsp3) is 0.892. The summed E-state index contributed by atoms with van der Waals surface area (Å²) in [5, 5.41) is 0.451. The van der Waals surface area contributed by atoms with Gasteiger partial charge in [-0.2, -0.15) is 13.5 Å². The van der Waals surface area contributed by atoms with Crippen molar-refractivity contribution < 1.29 is 9.05 Å². The maximum Gasteiger partial charge on any atom is 0.248 e. The predicted octanol–water partition coefficient (Wildman–Crippen LogP) is 12.0. The lowest BCUT2D eigenvalue weighted by Gasteiger charge is -2.58. The molecule has 5 fully saturated rings. The predicted molar refractivity (Wildman–Crippen MR) is 196 cm³/mol. The van der Waals surface area contributed by atoms with Gasteiger partial charge >= 0.3 is 0 Å². The first kappa shape index (κ1) is 35.1. The minimum atomic E-state index is -2.33. The van der Waals surface area contributed by atoms with Gasteiger partial charge in [-0.25, -0.2) is 0 Å². The van der Waals surface area contributed by atoms with Gasteiger partial charge in [-0.05, 0) is 149 Å². The Labute approximate surface area is 281 Å². The van der Waals surface area contributed by atoms with E-state index in [1.807, 2.05) is 11.4 Å². The largest absolute Gasteiger partial charge is 0.318 e. The fourth-order valence-corrected chi connectivity index (χ4v) is 18.7. The molecule has 246 valence electrons. The highest BCUT2D eigenvalue weighted by molar-refractivity contribution is 8.68. The summed E-state index contributed by atoms with van der Waals surface area (Å²) in [4.78, 5) is 0. The Morgan fingerprint density at radius 2 is 1.84 bits per heavy atom. The van der Waals surface area contributed by atoms with Crippen LogP contribution in [0.5, 0.6) is 0 Å². The van der Waals surface area contributed by atoms with Crippen LogP contribution < -0.4 is 0 Å². The molecule has 0 aromatic carbocycles. The highest BCUT2D eigenvalue weighted by Gasteiger charge is 2.60. The van der Waals surface area contributed by atoms with E-state index < -0.39 is 5.69 Å². The average molecular weight is 667 g/mol. The molecule has 0 unspecified atom stereocenters. The molecule has 1 heterocycles. The van der Waals surface area contributed by atoms with Gasteiger partial charge in [-0.3, -0.25) is 0 Å². The van der Waals surface area contributed by atoms with Gasteiger partial charge in [0.25, 0.3) is 0 Å². The Hall–Kier alpha value is 0.750. The van der Waals surface area contributed by atoms with E-state index in [1.54, 1.807) is 5.57 Å². The Morgan fingerprint density at radius 3 is 2.56 bits per heavy atom. The van der Waals surface area contributed by atoms with E-state index in [0.29, 0.717) is 22.0 Å². The molecule has 0 N–H and O–H groups in total. The third-order valence-electron chi connectivity index (χ3n) is 14.0. The van der Waals surface area contributed by atoms with E-state index >= 15 is 0 Å². The lowest BCUT2D eigenvalue weighted by molar-refractivity contribution is -0.0563. The molecule has 0 amide bonds. The molecule has 12 atom stereocenters. The van der Waals surface area contributed by atoms with Crippen molar-refractivity contribution in [1.82, 2.24) is 0 Å². The van der Waals surface area contributed by atoms with E-state index in [2.05, 4.69) is 61.1 Å². The number of fused-ring (bicyclic) bond motifs is 6. The topological polar surface area (TPSA) is 18.5 Å². The molecule has 0 radical (unpaired) electrons. The van der Waals surface area contributed by atoms with Gasteiger partial charge in [0.15, 0.2) is 0 Å². The van der Waals surface area contributed by atoms with Crippen LogP contribution in [-0.2, 0) is 20.9 Å². The second kappa shape index (κ2) is 13.0. The van der Waals surface area contributed by atoms with Crippen molar-refractivity contribution in [3.05, 3.63) is 23.8 Å². The van der Waals surface area contributed by atoms with Gasteiger partial charge in [0, 0.05) is 5.25 Å². The van der Waals surface area contributed by atoms with Crippen LogP contribution in [0.4, 0.5) is 0 Å². The smallest absolute Gasteiger partial charge is 0.248 e. The summed E-state index contributed by atoms with van der Waals surface area (Å²) in [6.45, 7) is 21.5. The average Bonchev–Trinajstić information content (AvgIpc) is 3.40. The van der Waals surface area contributed by atoms with Crippen molar-refractivity contribution in [2.45, 2.75) is 155 Å². The van der Waals surface area contributed by atoms with E-state index in [0.717, 1.165) is 61.2 Å². The molecule has 43 heavy (non-hydrogen) atoms. The molecule has 4 saturated carbocycles. The molecular formula is C37H63O2PS3. The summed E-state index contributed by atoms with van der Waals surface area (Å²) in [7, 11) is 0. The van der Waals surface area contributed by atoms with Crippen molar-refractivity contribution in [1.29, 1.82) is 0 Å². The van der Waals surface area contributed by atoms with Crippen LogP contribution in [0.3, 0.4) is 0 Å². The standard InChI is InChI=1S/C37H61O2PS2.H2S/c1-24(2)10-9-11-26(5)31-14-15-32-30-13-12-28-23-29(17-19-35(28,6)33(30)18-20-36(31,32)7)38-40(41)39-37(8)21-16-27(25(3)4)22-34(37)42-40;/h12,24,26-27,29-34H,3,9-11,13-23H2,1-2,4-8H3;1H2/t26-,27+,29+,30+,31-,32+,33+,34-,35+,36-,37-,40-;/m1./s1. The number of rotatable bonds is 8. The van der Waals surface area contributed by atoms with Gasteiger partial charge in [0.1, 0.15) is 0 Å². The summed E-state index contributed by atoms with van der Waals surface area (Å²) in [6.07, 6.45) is 21.2. The highest BCUT2D eigenvalue weighted by Crippen LogP contribution is 2.76. The normalized spacial score (nSPS) is 47.9. The summed E-state index contributed by atoms with van der Waals surface area (Å²) < 4.78 is 13.7. The molecular weight excluding hydrogens is 604 g/mol. The Morgan fingerprint density at radius 1 is 1.07 bits per heavy atom. The lowest BCUT2D eigenvalue weighted by atomic mass is 9.47. The number of hydrogen-bond acceptors (Lipinski definition) is 4. The summed E-state index contributed by atoms with van der Waals surface area (Å²) in [5.74, 6) is 5.94. The molecule has 0 aromatic heterocycles. The van der Waals surface area contributed by atoms with E-state index in [4.69, 9.17) is 20.9 Å².